The Morgan fingerprint density at radius 2 is 2.31 bits per heavy atom. The predicted molar refractivity (Wildman–Crippen MR) is 52.9 cm³/mol. The lowest BCUT2D eigenvalue weighted by Crippen LogP contribution is -2.42. The monoisotopic (exact) mass is 187 g/mol. The van der Waals surface area contributed by atoms with E-state index in [1.807, 2.05) is 0 Å². The van der Waals surface area contributed by atoms with E-state index in [1.54, 1.807) is 0 Å². The maximum absolute atomic E-state index is 5.75. The number of ether oxygens (including phenoxy) is 2. The topological polar surface area (TPSA) is 30.5 Å². The summed E-state index contributed by atoms with van der Waals surface area (Å²) in [6.45, 7) is 9.76. The van der Waals surface area contributed by atoms with Crippen LogP contribution in [-0.4, -0.2) is 38.0 Å². The number of rotatable bonds is 4. The second kappa shape index (κ2) is 4.94. The SMILES string of the molecule is CCC(C)(C)OCC1CNCCO1. The summed E-state index contributed by atoms with van der Waals surface area (Å²) in [5.41, 5.74) is -0.0131. The fourth-order valence-electron chi connectivity index (χ4n) is 1.15. The Bertz CT molecular complexity index is 142. The van der Waals surface area contributed by atoms with E-state index in [4.69, 9.17) is 9.47 Å². The van der Waals surface area contributed by atoms with Crippen LogP contribution in [0.5, 0.6) is 0 Å². The van der Waals surface area contributed by atoms with Gasteiger partial charge in [-0.25, -0.2) is 0 Å². The standard InChI is InChI=1S/C10H21NO2/c1-4-10(2,3)13-8-9-7-11-5-6-12-9/h9,11H,4-8H2,1-3H3. The number of hydrogen-bond acceptors (Lipinski definition) is 3. The summed E-state index contributed by atoms with van der Waals surface area (Å²) in [6.07, 6.45) is 1.27. The second-order valence-electron chi connectivity index (χ2n) is 4.12. The van der Waals surface area contributed by atoms with Crippen LogP contribution >= 0.6 is 0 Å². The number of morpholine rings is 1. The largest absolute Gasteiger partial charge is 0.373 e. The highest BCUT2D eigenvalue weighted by molar-refractivity contribution is 4.70. The first kappa shape index (κ1) is 11.0. The van der Waals surface area contributed by atoms with E-state index < -0.39 is 0 Å². The fraction of sp³-hybridized carbons (Fsp3) is 1.00. The van der Waals surface area contributed by atoms with Gasteiger partial charge in [-0.2, -0.15) is 0 Å². The first-order valence-corrected chi connectivity index (χ1v) is 5.10. The molecule has 1 aliphatic heterocycles. The molecule has 13 heavy (non-hydrogen) atoms. The fourth-order valence-corrected chi connectivity index (χ4v) is 1.15. The molecule has 3 heteroatoms. The van der Waals surface area contributed by atoms with Crippen LogP contribution in [0.25, 0.3) is 0 Å². The molecule has 1 heterocycles. The van der Waals surface area contributed by atoms with Crippen LogP contribution in [0.15, 0.2) is 0 Å². The molecule has 1 saturated heterocycles. The van der Waals surface area contributed by atoms with Gasteiger partial charge in [-0.05, 0) is 20.3 Å². The Labute approximate surface area is 80.8 Å². The van der Waals surface area contributed by atoms with Crippen LogP contribution in [0.4, 0.5) is 0 Å². The molecule has 0 spiro atoms. The van der Waals surface area contributed by atoms with Crippen molar-refractivity contribution >= 4 is 0 Å². The summed E-state index contributed by atoms with van der Waals surface area (Å²) in [7, 11) is 0. The highest BCUT2D eigenvalue weighted by Gasteiger charge is 2.20. The Hall–Kier alpha value is -0.120. The van der Waals surface area contributed by atoms with Gasteiger partial charge in [0.05, 0.1) is 24.9 Å². The maximum Gasteiger partial charge on any atom is 0.0933 e. The molecular formula is C10H21NO2. The van der Waals surface area contributed by atoms with Gasteiger partial charge in [0, 0.05) is 13.1 Å². The van der Waals surface area contributed by atoms with Gasteiger partial charge in [0.2, 0.25) is 0 Å². The first-order chi connectivity index (χ1) is 6.14. The predicted octanol–water partition coefficient (Wildman–Crippen LogP) is 1.18. The Balaban J connectivity index is 2.17. The van der Waals surface area contributed by atoms with E-state index in [1.165, 1.54) is 0 Å². The quantitative estimate of drug-likeness (QED) is 0.717. The lowest BCUT2D eigenvalue weighted by molar-refractivity contribution is -0.0886. The average molecular weight is 187 g/mol. The second-order valence-corrected chi connectivity index (χ2v) is 4.12. The molecule has 0 saturated carbocycles. The highest BCUT2D eigenvalue weighted by atomic mass is 16.5. The van der Waals surface area contributed by atoms with Crippen molar-refractivity contribution in [2.45, 2.75) is 38.9 Å². The van der Waals surface area contributed by atoms with Crippen molar-refractivity contribution in [1.29, 1.82) is 0 Å². The summed E-state index contributed by atoms with van der Waals surface area (Å²) in [5, 5.41) is 3.28. The molecule has 78 valence electrons. The molecule has 0 aromatic rings. The molecule has 0 aromatic carbocycles. The maximum atomic E-state index is 5.75. The summed E-state index contributed by atoms with van der Waals surface area (Å²) in [5.74, 6) is 0. The van der Waals surface area contributed by atoms with Crippen molar-refractivity contribution in [3.8, 4) is 0 Å². The molecule has 1 aliphatic rings. The molecule has 1 unspecified atom stereocenters. The van der Waals surface area contributed by atoms with Crippen molar-refractivity contribution in [3.05, 3.63) is 0 Å². The minimum Gasteiger partial charge on any atom is -0.373 e. The van der Waals surface area contributed by atoms with E-state index in [-0.39, 0.29) is 11.7 Å². The molecule has 1 rings (SSSR count). The first-order valence-electron chi connectivity index (χ1n) is 5.10. The highest BCUT2D eigenvalue weighted by Crippen LogP contribution is 2.14. The lowest BCUT2D eigenvalue weighted by Gasteiger charge is -2.29. The van der Waals surface area contributed by atoms with E-state index in [9.17, 15) is 0 Å². The van der Waals surface area contributed by atoms with Crippen LogP contribution < -0.4 is 5.32 Å². The van der Waals surface area contributed by atoms with Gasteiger partial charge < -0.3 is 14.8 Å². The van der Waals surface area contributed by atoms with Gasteiger partial charge in [-0.15, -0.1) is 0 Å². The van der Waals surface area contributed by atoms with Gasteiger partial charge in [0.25, 0.3) is 0 Å². The molecular weight excluding hydrogens is 166 g/mol. The van der Waals surface area contributed by atoms with Crippen molar-refractivity contribution in [2.24, 2.45) is 0 Å². The molecule has 3 nitrogen and oxygen atoms in total. The van der Waals surface area contributed by atoms with Gasteiger partial charge in [-0.1, -0.05) is 6.92 Å². The van der Waals surface area contributed by atoms with E-state index in [0.29, 0.717) is 6.61 Å². The van der Waals surface area contributed by atoms with Gasteiger partial charge >= 0.3 is 0 Å². The summed E-state index contributed by atoms with van der Waals surface area (Å²) in [4.78, 5) is 0. The Morgan fingerprint density at radius 1 is 1.54 bits per heavy atom. The third-order valence-electron chi connectivity index (χ3n) is 2.52. The van der Waals surface area contributed by atoms with Crippen molar-refractivity contribution in [3.63, 3.8) is 0 Å². The molecule has 1 fully saturated rings. The molecule has 1 atom stereocenters. The molecule has 0 amide bonds. The van der Waals surface area contributed by atoms with Crippen molar-refractivity contribution in [1.82, 2.24) is 5.32 Å². The Morgan fingerprint density at radius 3 is 2.85 bits per heavy atom. The minimum absolute atomic E-state index is 0.0131. The molecule has 0 aliphatic carbocycles. The third kappa shape index (κ3) is 4.07. The van der Waals surface area contributed by atoms with Crippen LogP contribution in [0.3, 0.4) is 0 Å². The summed E-state index contributed by atoms with van der Waals surface area (Å²) >= 11 is 0. The molecule has 0 aromatic heterocycles. The minimum atomic E-state index is -0.0131. The van der Waals surface area contributed by atoms with E-state index in [2.05, 4.69) is 26.1 Å². The number of nitrogens with one attached hydrogen (secondary N) is 1. The van der Waals surface area contributed by atoms with Crippen molar-refractivity contribution < 1.29 is 9.47 Å². The third-order valence-corrected chi connectivity index (χ3v) is 2.52. The molecule has 0 radical (unpaired) electrons. The normalized spacial score (nSPS) is 24.7. The molecule has 1 N–H and O–H groups in total. The molecule has 0 bridgehead atoms. The zero-order valence-corrected chi connectivity index (χ0v) is 8.93. The summed E-state index contributed by atoms with van der Waals surface area (Å²) in [6, 6.07) is 0. The lowest BCUT2D eigenvalue weighted by atomic mass is 10.1. The van der Waals surface area contributed by atoms with Gasteiger partial charge in [-0.3, -0.25) is 0 Å². The van der Waals surface area contributed by atoms with Crippen LogP contribution in [0.2, 0.25) is 0 Å². The van der Waals surface area contributed by atoms with Crippen molar-refractivity contribution in [2.75, 3.05) is 26.3 Å². The van der Waals surface area contributed by atoms with E-state index >= 15 is 0 Å². The zero-order chi connectivity index (χ0) is 9.73. The average Bonchev–Trinajstić information content (AvgIpc) is 2.17. The number of hydrogen-bond donors (Lipinski definition) is 1. The van der Waals surface area contributed by atoms with Crippen LogP contribution in [-0.2, 0) is 9.47 Å². The van der Waals surface area contributed by atoms with E-state index in [0.717, 1.165) is 26.1 Å². The van der Waals surface area contributed by atoms with Gasteiger partial charge in [0.1, 0.15) is 0 Å². The summed E-state index contributed by atoms with van der Waals surface area (Å²) < 4.78 is 11.3. The zero-order valence-electron chi connectivity index (χ0n) is 8.93. The Kier molecular flexibility index (Phi) is 4.16. The smallest absolute Gasteiger partial charge is 0.0933 e. The van der Waals surface area contributed by atoms with Gasteiger partial charge in [0.15, 0.2) is 0 Å². The van der Waals surface area contributed by atoms with Crippen LogP contribution in [0.1, 0.15) is 27.2 Å². The van der Waals surface area contributed by atoms with Crippen LogP contribution in [0, 0.1) is 0 Å².